The first-order chi connectivity index (χ1) is 11.0. The second-order valence-corrected chi connectivity index (χ2v) is 7.68. The average Bonchev–Trinajstić information content (AvgIpc) is 3.00. The lowest BCUT2D eigenvalue weighted by Crippen LogP contribution is -3.06. The van der Waals surface area contributed by atoms with Crippen LogP contribution >= 0.6 is 35.2 Å². The molecular formula is C17H23ClN3S2+. The molecule has 0 fully saturated rings. The van der Waals surface area contributed by atoms with E-state index in [4.69, 9.17) is 23.8 Å². The van der Waals surface area contributed by atoms with Crippen LogP contribution in [0.3, 0.4) is 0 Å². The molecule has 0 atom stereocenters. The summed E-state index contributed by atoms with van der Waals surface area (Å²) in [5.74, 6) is 0. The highest BCUT2D eigenvalue weighted by atomic mass is 35.5. The van der Waals surface area contributed by atoms with Gasteiger partial charge in [-0.25, -0.2) is 0 Å². The lowest BCUT2D eigenvalue weighted by molar-refractivity contribution is -0.857. The number of quaternary nitrogens is 1. The fourth-order valence-electron chi connectivity index (χ4n) is 2.13. The van der Waals surface area contributed by atoms with Gasteiger partial charge in [-0.2, -0.15) is 0 Å². The summed E-state index contributed by atoms with van der Waals surface area (Å²) in [6.07, 6.45) is 0. The number of nitrogens with one attached hydrogen (secondary N) is 2. The summed E-state index contributed by atoms with van der Waals surface area (Å²) < 4.78 is 0. The van der Waals surface area contributed by atoms with Gasteiger partial charge in [0.1, 0.15) is 0 Å². The predicted molar refractivity (Wildman–Crippen MR) is 105 cm³/mol. The molecule has 124 valence electrons. The Labute approximate surface area is 152 Å². The van der Waals surface area contributed by atoms with Gasteiger partial charge in [-0.15, -0.1) is 11.3 Å². The molecule has 2 aromatic rings. The van der Waals surface area contributed by atoms with Crippen molar-refractivity contribution < 1.29 is 4.90 Å². The molecule has 0 unspecified atom stereocenters. The molecule has 3 nitrogen and oxygen atoms in total. The third-order valence-corrected chi connectivity index (χ3v) is 5.15. The van der Waals surface area contributed by atoms with Crippen LogP contribution in [-0.4, -0.2) is 37.2 Å². The number of hydrogen-bond donors (Lipinski definition) is 2. The van der Waals surface area contributed by atoms with Crippen molar-refractivity contribution in [2.45, 2.75) is 13.5 Å². The number of likely N-dealkylation sites (N-methyl/N-ethyl adjacent to an activating group) is 1. The summed E-state index contributed by atoms with van der Waals surface area (Å²) in [6.45, 7) is 4.78. The monoisotopic (exact) mass is 368 g/mol. The molecule has 1 aromatic carbocycles. The van der Waals surface area contributed by atoms with Crippen molar-refractivity contribution in [3.63, 3.8) is 0 Å². The molecule has 0 bridgehead atoms. The number of halogens is 1. The predicted octanol–water partition coefficient (Wildman–Crippen LogP) is 3.05. The Hall–Kier alpha value is -1.14. The molecule has 1 heterocycles. The van der Waals surface area contributed by atoms with Gasteiger partial charge in [0.05, 0.1) is 33.7 Å². The van der Waals surface area contributed by atoms with Crippen molar-refractivity contribution in [2.24, 2.45) is 0 Å². The first kappa shape index (κ1) is 18.2. The quantitative estimate of drug-likeness (QED) is 0.764. The van der Waals surface area contributed by atoms with Crippen LogP contribution in [0.2, 0.25) is 5.02 Å². The number of thiocarbonyl (C=S) groups is 1. The molecule has 1 aromatic heterocycles. The number of benzene rings is 1. The molecule has 0 aliphatic rings. The SMILES string of the molecule is Cc1cc(NC(=S)N(CC[NH+](C)C)Cc2cccs2)ccc1Cl. The summed E-state index contributed by atoms with van der Waals surface area (Å²) in [5, 5.41) is 6.96. The smallest absolute Gasteiger partial charge is 0.173 e. The van der Waals surface area contributed by atoms with Crippen molar-refractivity contribution in [1.82, 2.24) is 4.90 Å². The van der Waals surface area contributed by atoms with Crippen LogP contribution in [-0.2, 0) is 6.54 Å². The lowest BCUT2D eigenvalue weighted by atomic mass is 10.2. The summed E-state index contributed by atoms with van der Waals surface area (Å²) >= 11 is 13.5. The van der Waals surface area contributed by atoms with E-state index in [1.165, 1.54) is 9.78 Å². The minimum atomic E-state index is 0.751. The number of thiophene rings is 1. The van der Waals surface area contributed by atoms with E-state index in [2.05, 4.69) is 41.8 Å². The van der Waals surface area contributed by atoms with Gasteiger partial charge in [0, 0.05) is 15.6 Å². The average molecular weight is 369 g/mol. The third kappa shape index (κ3) is 5.77. The van der Waals surface area contributed by atoms with Gasteiger partial charge in [0.25, 0.3) is 0 Å². The maximum absolute atomic E-state index is 6.09. The number of hydrogen-bond acceptors (Lipinski definition) is 2. The fraction of sp³-hybridized carbons (Fsp3) is 0.353. The molecular weight excluding hydrogens is 346 g/mol. The van der Waals surface area contributed by atoms with Crippen LogP contribution in [0.1, 0.15) is 10.4 Å². The van der Waals surface area contributed by atoms with Gasteiger partial charge < -0.3 is 15.1 Å². The highest BCUT2D eigenvalue weighted by Gasteiger charge is 2.13. The van der Waals surface area contributed by atoms with E-state index < -0.39 is 0 Å². The maximum atomic E-state index is 6.09. The van der Waals surface area contributed by atoms with Crippen LogP contribution in [0, 0.1) is 6.92 Å². The first-order valence-electron chi connectivity index (χ1n) is 7.59. The van der Waals surface area contributed by atoms with Gasteiger partial charge in [-0.05, 0) is 54.4 Å². The molecule has 0 aliphatic carbocycles. The number of rotatable bonds is 6. The Bertz CT molecular complexity index is 641. The first-order valence-corrected chi connectivity index (χ1v) is 9.26. The van der Waals surface area contributed by atoms with E-state index in [1.54, 1.807) is 11.3 Å². The van der Waals surface area contributed by atoms with Gasteiger partial charge in [0.2, 0.25) is 0 Å². The van der Waals surface area contributed by atoms with Crippen molar-refractivity contribution in [3.8, 4) is 0 Å². The molecule has 2 N–H and O–H groups in total. The topological polar surface area (TPSA) is 19.7 Å². The van der Waals surface area contributed by atoms with Gasteiger partial charge >= 0.3 is 0 Å². The second kappa shape index (κ2) is 8.64. The van der Waals surface area contributed by atoms with E-state index in [0.29, 0.717) is 0 Å². The zero-order chi connectivity index (χ0) is 16.8. The van der Waals surface area contributed by atoms with Crippen LogP contribution < -0.4 is 10.2 Å². The summed E-state index contributed by atoms with van der Waals surface area (Å²) in [4.78, 5) is 4.94. The molecule has 0 amide bonds. The van der Waals surface area contributed by atoms with Crippen LogP contribution in [0.15, 0.2) is 35.7 Å². The van der Waals surface area contributed by atoms with Gasteiger partial charge in [-0.1, -0.05) is 17.7 Å². The number of aryl methyl sites for hydroxylation is 1. The standard InChI is InChI=1S/C17H22ClN3S2/c1-13-11-14(6-7-16(13)18)19-17(22)21(9-8-20(2)3)12-15-5-4-10-23-15/h4-7,10-11H,8-9,12H2,1-3H3,(H,19,22)/p+1. The zero-order valence-corrected chi connectivity index (χ0v) is 16.1. The van der Waals surface area contributed by atoms with Crippen LogP contribution in [0.4, 0.5) is 5.69 Å². The van der Waals surface area contributed by atoms with E-state index >= 15 is 0 Å². The minimum absolute atomic E-state index is 0.751. The molecule has 0 aliphatic heterocycles. The molecule has 23 heavy (non-hydrogen) atoms. The third-order valence-electron chi connectivity index (χ3n) is 3.50. The highest BCUT2D eigenvalue weighted by molar-refractivity contribution is 7.80. The largest absolute Gasteiger partial charge is 0.338 e. The summed E-state index contributed by atoms with van der Waals surface area (Å²) in [7, 11) is 4.31. The van der Waals surface area contributed by atoms with Gasteiger partial charge in [0.15, 0.2) is 5.11 Å². The van der Waals surface area contributed by atoms with E-state index in [-0.39, 0.29) is 0 Å². The van der Waals surface area contributed by atoms with Crippen LogP contribution in [0.5, 0.6) is 0 Å². The Morgan fingerprint density at radius 2 is 2.13 bits per heavy atom. The number of nitrogens with zero attached hydrogens (tertiary/aromatic N) is 1. The molecule has 0 spiro atoms. The Morgan fingerprint density at radius 3 is 2.74 bits per heavy atom. The Morgan fingerprint density at radius 1 is 1.35 bits per heavy atom. The van der Waals surface area contributed by atoms with E-state index in [9.17, 15) is 0 Å². The van der Waals surface area contributed by atoms with Crippen molar-refractivity contribution in [2.75, 3.05) is 32.5 Å². The highest BCUT2D eigenvalue weighted by Crippen LogP contribution is 2.20. The summed E-state index contributed by atoms with van der Waals surface area (Å²) in [6, 6.07) is 10.1. The normalized spacial score (nSPS) is 10.8. The molecule has 0 saturated carbocycles. The molecule has 2 rings (SSSR count). The fourth-order valence-corrected chi connectivity index (χ4v) is 3.24. The van der Waals surface area contributed by atoms with Crippen LogP contribution in [0.25, 0.3) is 0 Å². The Balaban J connectivity index is 2.06. The second-order valence-electron chi connectivity index (χ2n) is 5.85. The maximum Gasteiger partial charge on any atom is 0.173 e. The van der Waals surface area contributed by atoms with E-state index in [0.717, 1.165) is 41.0 Å². The van der Waals surface area contributed by atoms with Crippen molar-refractivity contribution in [3.05, 3.63) is 51.2 Å². The van der Waals surface area contributed by atoms with E-state index in [1.807, 2.05) is 25.1 Å². The molecule has 0 saturated heterocycles. The summed E-state index contributed by atoms with van der Waals surface area (Å²) in [5.41, 5.74) is 2.02. The number of anilines is 1. The van der Waals surface area contributed by atoms with Crippen molar-refractivity contribution >= 4 is 46.0 Å². The molecule has 6 heteroatoms. The molecule has 0 radical (unpaired) electrons. The van der Waals surface area contributed by atoms with Gasteiger partial charge in [-0.3, -0.25) is 0 Å². The zero-order valence-electron chi connectivity index (χ0n) is 13.7. The lowest BCUT2D eigenvalue weighted by Gasteiger charge is -2.26. The Kier molecular flexibility index (Phi) is 6.84. The van der Waals surface area contributed by atoms with Crippen molar-refractivity contribution in [1.29, 1.82) is 0 Å². The minimum Gasteiger partial charge on any atom is -0.338 e.